The number of aromatic nitrogens is 1. The SMILES string of the molecule is COC(=O)c1ccn(C)c1C(C)=O. The molecule has 1 aromatic rings. The van der Waals surface area contributed by atoms with Gasteiger partial charge in [-0.3, -0.25) is 4.79 Å². The van der Waals surface area contributed by atoms with Crippen molar-refractivity contribution in [2.75, 3.05) is 7.11 Å². The van der Waals surface area contributed by atoms with Crippen LogP contribution < -0.4 is 0 Å². The van der Waals surface area contributed by atoms with E-state index in [1.165, 1.54) is 14.0 Å². The Hall–Kier alpha value is -1.58. The lowest BCUT2D eigenvalue weighted by Crippen LogP contribution is -2.09. The minimum Gasteiger partial charge on any atom is -0.465 e. The average molecular weight is 181 g/mol. The summed E-state index contributed by atoms with van der Waals surface area (Å²) < 4.78 is 6.14. The number of ketones is 1. The fourth-order valence-corrected chi connectivity index (χ4v) is 1.24. The van der Waals surface area contributed by atoms with E-state index in [1.54, 1.807) is 23.9 Å². The van der Waals surface area contributed by atoms with Crippen LogP contribution in [0.3, 0.4) is 0 Å². The van der Waals surface area contributed by atoms with E-state index in [0.717, 1.165) is 0 Å². The van der Waals surface area contributed by atoms with E-state index in [9.17, 15) is 9.59 Å². The van der Waals surface area contributed by atoms with Gasteiger partial charge < -0.3 is 9.30 Å². The van der Waals surface area contributed by atoms with E-state index in [4.69, 9.17) is 0 Å². The molecule has 0 aromatic carbocycles. The number of carbonyl (C=O) groups excluding carboxylic acids is 2. The molecule has 0 amide bonds. The van der Waals surface area contributed by atoms with E-state index in [-0.39, 0.29) is 5.78 Å². The van der Waals surface area contributed by atoms with Crippen molar-refractivity contribution >= 4 is 11.8 Å². The lowest BCUT2D eigenvalue weighted by molar-refractivity contribution is 0.0597. The quantitative estimate of drug-likeness (QED) is 0.505. The van der Waals surface area contributed by atoms with E-state index in [1.807, 2.05) is 0 Å². The second-order valence-corrected chi connectivity index (χ2v) is 2.74. The Balaban J connectivity index is 3.22. The summed E-state index contributed by atoms with van der Waals surface area (Å²) in [6.07, 6.45) is 1.66. The van der Waals surface area contributed by atoms with Gasteiger partial charge in [-0.1, -0.05) is 0 Å². The summed E-state index contributed by atoms with van der Waals surface area (Å²) in [5.41, 5.74) is 0.698. The fourth-order valence-electron chi connectivity index (χ4n) is 1.24. The molecule has 1 rings (SSSR count). The summed E-state index contributed by atoms with van der Waals surface area (Å²) in [5, 5.41) is 0. The Morgan fingerprint density at radius 2 is 2.08 bits per heavy atom. The van der Waals surface area contributed by atoms with Crippen LogP contribution in [0.1, 0.15) is 27.8 Å². The van der Waals surface area contributed by atoms with Gasteiger partial charge in [-0.15, -0.1) is 0 Å². The second-order valence-electron chi connectivity index (χ2n) is 2.74. The van der Waals surface area contributed by atoms with Crippen LogP contribution >= 0.6 is 0 Å². The third-order valence-corrected chi connectivity index (χ3v) is 1.81. The zero-order valence-corrected chi connectivity index (χ0v) is 7.83. The summed E-state index contributed by atoms with van der Waals surface area (Å²) >= 11 is 0. The summed E-state index contributed by atoms with van der Waals surface area (Å²) in [6, 6.07) is 1.57. The Kier molecular flexibility index (Phi) is 2.51. The van der Waals surface area contributed by atoms with E-state index in [2.05, 4.69) is 4.74 Å². The van der Waals surface area contributed by atoms with E-state index < -0.39 is 5.97 Å². The molecule has 0 atom stereocenters. The summed E-state index contributed by atoms with van der Waals surface area (Å²) in [4.78, 5) is 22.3. The molecular weight excluding hydrogens is 170 g/mol. The first-order valence-electron chi connectivity index (χ1n) is 3.82. The molecule has 0 aliphatic rings. The number of hydrogen-bond acceptors (Lipinski definition) is 3. The molecule has 0 bridgehead atoms. The van der Waals surface area contributed by atoms with Gasteiger partial charge in [0, 0.05) is 20.2 Å². The number of Topliss-reactive ketones (excluding diaryl/α,β-unsaturated/α-hetero) is 1. The van der Waals surface area contributed by atoms with Gasteiger partial charge >= 0.3 is 5.97 Å². The number of aryl methyl sites for hydroxylation is 1. The zero-order valence-electron chi connectivity index (χ0n) is 7.83. The van der Waals surface area contributed by atoms with Gasteiger partial charge in [0.1, 0.15) is 0 Å². The molecule has 0 N–H and O–H groups in total. The molecule has 0 radical (unpaired) electrons. The average Bonchev–Trinajstić information content (AvgIpc) is 2.45. The molecule has 0 aliphatic heterocycles. The van der Waals surface area contributed by atoms with Crippen molar-refractivity contribution in [3.05, 3.63) is 23.5 Å². The van der Waals surface area contributed by atoms with Crippen molar-refractivity contribution in [3.63, 3.8) is 0 Å². The van der Waals surface area contributed by atoms with Crippen LogP contribution in [0.4, 0.5) is 0 Å². The molecule has 0 saturated carbocycles. The number of rotatable bonds is 2. The van der Waals surface area contributed by atoms with Crippen molar-refractivity contribution in [1.29, 1.82) is 0 Å². The first kappa shape index (κ1) is 9.51. The normalized spacial score (nSPS) is 9.77. The Bertz CT molecular complexity index is 352. The molecule has 13 heavy (non-hydrogen) atoms. The Labute approximate surface area is 76.1 Å². The molecule has 0 spiro atoms. The highest BCUT2D eigenvalue weighted by Crippen LogP contribution is 2.11. The van der Waals surface area contributed by atoms with Crippen LogP contribution in [0.2, 0.25) is 0 Å². The van der Waals surface area contributed by atoms with E-state index in [0.29, 0.717) is 11.3 Å². The van der Waals surface area contributed by atoms with Gasteiger partial charge in [-0.2, -0.15) is 0 Å². The monoisotopic (exact) mass is 181 g/mol. The fraction of sp³-hybridized carbons (Fsp3) is 0.333. The van der Waals surface area contributed by atoms with Crippen LogP contribution in [0, 0.1) is 0 Å². The third kappa shape index (κ3) is 1.61. The molecule has 4 nitrogen and oxygen atoms in total. The maximum atomic E-state index is 11.2. The number of ether oxygens (including phenoxy) is 1. The van der Waals surface area contributed by atoms with Crippen molar-refractivity contribution in [3.8, 4) is 0 Å². The maximum Gasteiger partial charge on any atom is 0.340 e. The molecule has 4 heteroatoms. The summed E-state index contributed by atoms with van der Waals surface area (Å²) in [6.45, 7) is 1.42. The molecule has 70 valence electrons. The van der Waals surface area contributed by atoms with Crippen molar-refractivity contribution in [2.24, 2.45) is 7.05 Å². The number of esters is 1. The van der Waals surface area contributed by atoms with Crippen LogP contribution in [-0.4, -0.2) is 23.4 Å². The minimum absolute atomic E-state index is 0.145. The maximum absolute atomic E-state index is 11.2. The predicted octanol–water partition coefficient (Wildman–Crippen LogP) is 1.01. The lowest BCUT2D eigenvalue weighted by Gasteiger charge is -2.01. The van der Waals surface area contributed by atoms with Crippen molar-refractivity contribution < 1.29 is 14.3 Å². The minimum atomic E-state index is -0.481. The number of carbonyl (C=O) groups is 2. The first-order valence-corrected chi connectivity index (χ1v) is 3.82. The van der Waals surface area contributed by atoms with Gasteiger partial charge in [-0.05, 0) is 6.07 Å². The van der Waals surface area contributed by atoms with Gasteiger partial charge in [0.05, 0.1) is 18.4 Å². The van der Waals surface area contributed by atoms with E-state index >= 15 is 0 Å². The number of methoxy groups -OCH3 is 1. The highest BCUT2D eigenvalue weighted by atomic mass is 16.5. The predicted molar refractivity (Wildman–Crippen MR) is 46.8 cm³/mol. The van der Waals surface area contributed by atoms with Crippen molar-refractivity contribution in [1.82, 2.24) is 4.57 Å². The Morgan fingerprint density at radius 1 is 1.46 bits per heavy atom. The molecule has 0 saturated heterocycles. The molecule has 1 aromatic heterocycles. The van der Waals surface area contributed by atoms with Crippen molar-refractivity contribution in [2.45, 2.75) is 6.92 Å². The van der Waals surface area contributed by atoms with Gasteiger partial charge in [-0.25, -0.2) is 4.79 Å². The van der Waals surface area contributed by atoms with Crippen LogP contribution in [0.5, 0.6) is 0 Å². The number of hydrogen-bond donors (Lipinski definition) is 0. The third-order valence-electron chi connectivity index (χ3n) is 1.81. The van der Waals surface area contributed by atoms with Crippen LogP contribution in [0.25, 0.3) is 0 Å². The summed E-state index contributed by atoms with van der Waals surface area (Å²) in [7, 11) is 3.00. The smallest absolute Gasteiger partial charge is 0.340 e. The van der Waals surface area contributed by atoms with Gasteiger partial charge in [0.2, 0.25) is 0 Å². The standard InChI is InChI=1S/C9H11NO3/c1-6(11)8-7(9(12)13-3)4-5-10(8)2/h4-5H,1-3H3. The topological polar surface area (TPSA) is 48.3 Å². The molecule has 0 fully saturated rings. The first-order chi connectivity index (χ1) is 6.07. The number of nitrogens with zero attached hydrogens (tertiary/aromatic N) is 1. The molecular formula is C9H11NO3. The highest BCUT2D eigenvalue weighted by Gasteiger charge is 2.17. The van der Waals surface area contributed by atoms with Crippen LogP contribution in [-0.2, 0) is 11.8 Å². The Morgan fingerprint density at radius 3 is 2.54 bits per heavy atom. The summed E-state index contributed by atoms with van der Waals surface area (Å²) in [5.74, 6) is -0.626. The van der Waals surface area contributed by atoms with Gasteiger partial charge in [0.25, 0.3) is 0 Å². The molecule has 0 unspecified atom stereocenters. The van der Waals surface area contributed by atoms with Crippen LogP contribution in [0.15, 0.2) is 12.3 Å². The van der Waals surface area contributed by atoms with Gasteiger partial charge in [0.15, 0.2) is 5.78 Å². The molecule has 1 heterocycles. The molecule has 0 aliphatic carbocycles. The zero-order chi connectivity index (χ0) is 10.0. The highest BCUT2D eigenvalue weighted by molar-refractivity contribution is 6.04. The second kappa shape index (κ2) is 3.43. The lowest BCUT2D eigenvalue weighted by atomic mass is 10.2. The largest absolute Gasteiger partial charge is 0.465 e.